The summed E-state index contributed by atoms with van der Waals surface area (Å²) in [6, 6.07) is 18.8. The minimum atomic E-state index is -0.141. The summed E-state index contributed by atoms with van der Waals surface area (Å²) in [5.74, 6) is 0. The van der Waals surface area contributed by atoms with Gasteiger partial charge in [-0.3, -0.25) is 14.8 Å². The van der Waals surface area contributed by atoms with Gasteiger partial charge < -0.3 is 0 Å². The lowest BCUT2D eigenvalue weighted by Crippen LogP contribution is -2.10. The van der Waals surface area contributed by atoms with Crippen LogP contribution >= 0.6 is 22.9 Å². The lowest BCUT2D eigenvalue weighted by atomic mass is 10.3. The summed E-state index contributed by atoms with van der Waals surface area (Å²) < 4.78 is 1.47. The van der Waals surface area contributed by atoms with Crippen molar-refractivity contribution in [3.05, 3.63) is 80.4 Å². The number of thiazole rings is 1. The van der Waals surface area contributed by atoms with E-state index in [2.05, 4.69) is 10.5 Å². The first-order chi connectivity index (χ1) is 10.8. The van der Waals surface area contributed by atoms with Crippen LogP contribution in [0.4, 0.5) is 5.69 Å². The van der Waals surface area contributed by atoms with Crippen molar-refractivity contribution in [1.29, 1.82) is 0 Å². The zero-order valence-electron chi connectivity index (χ0n) is 11.4. The summed E-state index contributed by atoms with van der Waals surface area (Å²) in [6.45, 7) is 0. The number of nitrogens with one attached hydrogen (secondary N) is 1. The fourth-order valence-electron chi connectivity index (χ4n) is 1.93. The van der Waals surface area contributed by atoms with Crippen LogP contribution in [0.3, 0.4) is 0 Å². The number of para-hydroxylation sites is 2. The van der Waals surface area contributed by atoms with E-state index < -0.39 is 0 Å². The van der Waals surface area contributed by atoms with Gasteiger partial charge in [0.15, 0.2) is 0 Å². The highest BCUT2D eigenvalue weighted by Gasteiger charge is 2.12. The number of aromatic nitrogens is 1. The van der Waals surface area contributed by atoms with Crippen molar-refractivity contribution in [3.8, 4) is 5.69 Å². The van der Waals surface area contributed by atoms with E-state index in [0.29, 0.717) is 10.0 Å². The summed E-state index contributed by atoms with van der Waals surface area (Å²) in [4.78, 5) is 12.6. The highest BCUT2D eigenvalue weighted by atomic mass is 35.5. The van der Waals surface area contributed by atoms with Gasteiger partial charge >= 0.3 is 4.87 Å². The van der Waals surface area contributed by atoms with Crippen LogP contribution < -0.4 is 10.3 Å². The maximum atomic E-state index is 12.1. The van der Waals surface area contributed by atoms with Crippen LogP contribution in [0.2, 0.25) is 5.15 Å². The molecule has 2 aromatic carbocycles. The topological polar surface area (TPSA) is 46.4 Å². The lowest BCUT2D eigenvalue weighted by molar-refractivity contribution is 1.04. The van der Waals surface area contributed by atoms with Crippen molar-refractivity contribution >= 4 is 34.8 Å². The Labute approximate surface area is 136 Å². The molecule has 0 saturated heterocycles. The molecule has 0 aliphatic heterocycles. The van der Waals surface area contributed by atoms with Crippen LogP contribution in [-0.2, 0) is 0 Å². The molecule has 0 radical (unpaired) electrons. The van der Waals surface area contributed by atoms with Crippen molar-refractivity contribution in [3.63, 3.8) is 0 Å². The zero-order valence-corrected chi connectivity index (χ0v) is 13.0. The molecule has 0 atom stereocenters. The van der Waals surface area contributed by atoms with Crippen LogP contribution in [0.25, 0.3) is 5.69 Å². The van der Waals surface area contributed by atoms with Gasteiger partial charge in [-0.15, -0.1) is 0 Å². The van der Waals surface area contributed by atoms with Crippen LogP contribution in [0.15, 0.2) is 70.6 Å². The average molecular weight is 330 g/mol. The van der Waals surface area contributed by atoms with E-state index in [1.54, 1.807) is 6.21 Å². The van der Waals surface area contributed by atoms with Gasteiger partial charge in [-0.05, 0) is 24.3 Å². The van der Waals surface area contributed by atoms with Crippen molar-refractivity contribution in [2.75, 3.05) is 5.43 Å². The molecule has 0 bridgehead atoms. The first-order valence-electron chi connectivity index (χ1n) is 6.56. The van der Waals surface area contributed by atoms with Crippen molar-refractivity contribution in [2.24, 2.45) is 5.10 Å². The quantitative estimate of drug-likeness (QED) is 0.581. The molecule has 1 aromatic heterocycles. The number of hydrazone groups is 1. The van der Waals surface area contributed by atoms with Gasteiger partial charge in [0.2, 0.25) is 0 Å². The van der Waals surface area contributed by atoms with Gasteiger partial charge in [-0.1, -0.05) is 59.3 Å². The maximum Gasteiger partial charge on any atom is 0.313 e. The molecule has 0 aliphatic rings. The van der Waals surface area contributed by atoms with Crippen molar-refractivity contribution in [2.45, 2.75) is 0 Å². The summed E-state index contributed by atoms with van der Waals surface area (Å²) in [7, 11) is 0. The Morgan fingerprint density at radius 3 is 2.36 bits per heavy atom. The molecular formula is C16H12ClN3OS. The second kappa shape index (κ2) is 6.60. The maximum absolute atomic E-state index is 12.1. The molecule has 110 valence electrons. The smallest absolute Gasteiger partial charge is 0.278 e. The predicted octanol–water partition coefficient (Wildman–Crippen LogP) is 4.00. The van der Waals surface area contributed by atoms with E-state index in [0.717, 1.165) is 22.7 Å². The van der Waals surface area contributed by atoms with E-state index in [4.69, 9.17) is 11.6 Å². The van der Waals surface area contributed by atoms with E-state index in [9.17, 15) is 4.79 Å². The monoisotopic (exact) mass is 329 g/mol. The Morgan fingerprint density at radius 1 is 1.05 bits per heavy atom. The zero-order chi connectivity index (χ0) is 15.4. The number of nitrogens with zero attached hydrogens (tertiary/aromatic N) is 2. The molecule has 3 rings (SSSR count). The van der Waals surface area contributed by atoms with Gasteiger partial charge in [0.25, 0.3) is 0 Å². The summed E-state index contributed by atoms with van der Waals surface area (Å²) in [6.07, 6.45) is 1.56. The van der Waals surface area contributed by atoms with Crippen molar-refractivity contribution in [1.82, 2.24) is 4.57 Å². The molecule has 22 heavy (non-hydrogen) atoms. The van der Waals surface area contributed by atoms with Gasteiger partial charge in [-0.25, -0.2) is 0 Å². The van der Waals surface area contributed by atoms with Crippen LogP contribution in [0.5, 0.6) is 0 Å². The summed E-state index contributed by atoms with van der Waals surface area (Å²) >= 11 is 7.36. The Balaban J connectivity index is 1.86. The van der Waals surface area contributed by atoms with Gasteiger partial charge in [0, 0.05) is 0 Å². The number of halogens is 1. The van der Waals surface area contributed by atoms with Gasteiger partial charge in [0.1, 0.15) is 5.15 Å². The molecule has 0 saturated carbocycles. The first-order valence-corrected chi connectivity index (χ1v) is 7.76. The largest absolute Gasteiger partial charge is 0.313 e. The standard InChI is InChI=1S/C16H12ClN3OS/c17-15-14(11-18-19-12-7-3-1-4-8-12)22-16(21)20(15)13-9-5-2-6-10-13/h1-11,19H/b18-11+. The SMILES string of the molecule is O=c1sc(/C=N/Nc2ccccc2)c(Cl)n1-c1ccccc1. The van der Waals surface area contributed by atoms with E-state index in [-0.39, 0.29) is 4.87 Å². The second-order valence-electron chi connectivity index (χ2n) is 4.43. The van der Waals surface area contributed by atoms with Crippen LogP contribution in [0.1, 0.15) is 4.88 Å². The molecule has 0 spiro atoms. The fourth-order valence-corrected chi connectivity index (χ4v) is 3.07. The molecule has 1 heterocycles. The normalized spacial score (nSPS) is 11.0. The fraction of sp³-hybridized carbons (Fsp3) is 0. The first kappa shape index (κ1) is 14.6. The van der Waals surface area contributed by atoms with Crippen LogP contribution in [-0.4, -0.2) is 10.8 Å². The molecule has 6 heteroatoms. The molecular weight excluding hydrogens is 318 g/mol. The number of rotatable bonds is 4. The minimum Gasteiger partial charge on any atom is -0.278 e. The minimum absolute atomic E-state index is 0.141. The molecule has 3 aromatic rings. The van der Waals surface area contributed by atoms with E-state index in [1.807, 2.05) is 60.7 Å². The number of benzene rings is 2. The second-order valence-corrected chi connectivity index (χ2v) is 5.78. The molecule has 1 N–H and O–H groups in total. The Hall–Kier alpha value is -2.37. The van der Waals surface area contributed by atoms with Crippen molar-refractivity contribution < 1.29 is 0 Å². The molecule has 0 amide bonds. The molecule has 0 fully saturated rings. The highest BCUT2D eigenvalue weighted by molar-refractivity contribution is 7.11. The van der Waals surface area contributed by atoms with E-state index in [1.165, 1.54) is 4.57 Å². The molecule has 4 nitrogen and oxygen atoms in total. The Bertz CT molecular complexity index is 841. The van der Waals surface area contributed by atoms with Gasteiger partial charge in [0.05, 0.1) is 22.5 Å². The number of hydrogen-bond donors (Lipinski definition) is 1. The van der Waals surface area contributed by atoms with Gasteiger partial charge in [-0.2, -0.15) is 5.10 Å². The van der Waals surface area contributed by atoms with E-state index >= 15 is 0 Å². The third kappa shape index (κ3) is 3.10. The predicted molar refractivity (Wildman–Crippen MR) is 92.6 cm³/mol. The average Bonchev–Trinajstić information content (AvgIpc) is 2.83. The van der Waals surface area contributed by atoms with Crippen LogP contribution in [0, 0.1) is 0 Å². The lowest BCUT2D eigenvalue weighted by Gasteiger charge is -2.02. The highest BCUT2D eigenvalue weighted by Crippen LogP contribution is 2.21. The number of anilines is 1. The summed E-state index contributed by atoms with van der Waals surface area (Å²) in [5, 5.41) is 4.48. The molecule has 0 aliphatic carbocycles. The third-order valence-electron chi connectivity index (χ3n) is 2.94. The Kier molecular flexibility index (Phi) is 4.37. The third-order valence-corrected chi connectivity index (χ3v) is 4.30. The Morgan fingerprint density at radius 2 is 1.68 bits per heavy atom. The molecule has 0 unspecified atom stereocenters. The summed E-state index contributed by atoms with van der Waals surface area (Å²) in [5.41, 5.74) is 4.50. The number of hydrogen-bond acceptors (Lipinski definition) is 4.